The van der Waals surface area contributed by atoms with Gasteiger partial charge in [-0.3, -0.25) is 4.79 Å². The zero-order chi connectivity index (χ0) is 14.5. The van der Waals surface area contributed by atoms with Crippen molar-refractivity contribution in [1.82, 2.24) is 5.32 Å². The Morgan fingerprint density at radius 3 is 2.80 bits per heavy atom. The van der Waals surface area contributed by atoms with Gasteiger partial charge in [-0.25, -0.2) is 0 Å². The fourth-order valence-electron chi connectivity index (χ4n) is 2.68. The van der Waals surface area contributed by atoms with Gasteiger partial charge in [0.25, 0.3) is 5.91 Å². The Kier molecular flexibility index (Phi) is 5.01. The Morgan fingerprint density at radius 2 is 2.10 bits per heavy atom. The molecular formula is C16H24N2O2. The zero-order valence-corrected chi connectivity index (χ0v) is 12.3. The maximum Gasteiger partial charge on any atom is 0.251 e. The molecule has 110 valence electrons. The molecule has 2 atom stereocenters. The van der Waals surface area contributed by atoms with Crippen molar-refractivity contribution >= 4 is 11.6 Å². The summed E-state index contributed by atoms with van der Waals surface area (Å²) < 4.78 is 0. The summed E-state index contributed by atoms with van der Waals surface area (Å²) in [6.45, 7) is 0.562. The van der Waals surface area contributed by atoms with Gasteiger partial charge in [-0.05, 0) is 31.0 Å². The van der Waals surface area contributed by atoms with Gasteiger partial charge in [-0.2, -0.15) is 0 Å². The Balaban J connectivity index is 1.92. The van der Waals surface area contributed by atoms with E-state index in [2.05, 4.69) is 5.32 Å². The van der Waals surface area contributed by atoms with E-state index in [1.54, 1.807) is 0 Å². The molecular weight excluding hydrogens is 252 g/mol. The van der Waals surface area contributed by atoms with E-state index in [4.69, 9.17) is 0 Å². The highest BCUT2D eigenvalue weighted by atomic mass is 16.3. The van der Waals surface area contributed by atoms with Gasteiger partial charge in [0.1, 0.15) is 0 Å². The van der Waals surface area contributed by atoms with Crippen LogP contribution in [0.2, 0.25) is 0 Å². The number of anilines is 1. The zero-order valence-electron chi connectivity index (χ0n) is 12.3. The van der Waals surface area contributed by atoms with Crippen LogP contribution in [0.3, 0.4) is 0 Å². The fraction of sp³-hybridized carbons (Fsp3) is 0.562. The normalized spacial score (nSPS) is 22.4. The van der Waals surface area contributed by atoms with Crippen molar-refractivity contribution in [1.29, 1.82) is 0 Å². The first-order valence-electron chi connectivity index (χ1n) is 7.31. The second-order valence-corrected chi connectivity index (χ2v) is 5.77. The van der Waals surface area contributed by atoms with Gasteiger partial charge in [0.15, 0.2) is 0 Å². The molecule has 0 spiro atoms. The van der Waals surface area contributed by atoms with E-state index in [0.29, 0.717) is 12.1 Å². The smallest absolute Gasteiger partial charge is 0.251 e. The van der Waals surface area contributed by atoms with Crippen LogP contribution in [0.5, 0.6) is 0 Å². The van der Waals surface area contributed by atoms with Crippen LogP contribution in [-0.2, 0) is 0 Å². The van der Waals surface area contributed by atoms with Gasteiger partial charge in [0, 0.05) is 37.8 Å². The summed E-state index contributed by atoms with van der Waals surface area (Å²) >= 11 is 0. The van der Waals surface area contributed by atoms with Crippen molar-refractivity contribution in [2.24, 2.45) is 5.92 Å². The molecule has 1 aromatic rings. The molecule has 0 aliphatic heterocycles. The summed E-state index contributed by atoms with van der Waals surface area (Å²) in [7, 11) is 3.91. The van der Waals surface area contributed by atoms with Crippen molar-refractivity contribution in [3.05, 3.63) is 29.8 Å². The molecule has 1 fully saturated rings. The molecule has 0 heterocycles. The lowest BCUT2D eigenvalue weighted by Gasteiger charge is -2.27. The number of amides is 1. The second-order valence-electron chi connectivity index (χ2n) is 5.77. The number of carbonyl (C=O) groups excluding carboxylic acids is 1. The monoisotopic (exact) mass is 276 g/mol. The Labute approximate surface area is 120 Å². The first-order valence-corrected chi connectivity index (χ1v) is 7.31. The third-order valence-electron chi connectivity index (χ3n) is 4.02. The molecule has 1 aromatic carbocycles. The molecule has 2 unspecified atom stereocenters. The largest absolute Gasteiger partial charge is 0.393 e. The summed E-state index contributed by atoms with van der Waals surface area (Å²) in [4.78, 5) is 14.1. The molecule has 1 saturated carbocycles. The average Bonchev–Trinajstić information content (AvgIpc) is 2.46. The van der Waals surface area contributed by atoms with E-state index in [1.165, 1.54) is 0 Å². The summed E-state index contributed by atoms with van der Waals surface area (Å²) in [5, 5.41) is 12.9. The van der Waals surface area contributed by atoms with E-state index < -0.39 is 0 Å². The highest BCUT2D eigenvalue weighted by Gasteiger charge is 2.23. The molecule has 0 radical (unpaired) electrons. The fourth-order valence-corrected chi connectivity index (χ4v) is 2.68. The minimum atomic E-state index is -0.267. The number of hydrogen-bond acceptors (Lipinski definition) is 3. The highest BCUT2D eigenvalue weighted by molar-refractivity contribution is 5.95. The standard InChI is InChI=1S/C16H24N2O2/c1-18(2)14-8-5-7-12(10-14)16(20)17-11-13-6-3-4-9-15(13)19/h5,7-8,10,13,15,19H,3-4,6,9,11H2,1-2H3,(H,17,20). The lowest BCUT2D eigenvalue weighted by Crippen LogP contribution is -2.36. The van der Waals surface area contributed by atoms with Crippen molar-refractivity contribution in [2.45, 2.75) is 31.8 Å². The van der Waals surface area contributed by atoms with E-state index in [-0.39, 0.29) is 17.9 Å². The van der Waals surface area contributed by atoms with E-state index in [0.717, 1.165) is 31.4 Å². The van der Waals surface area contributed by atoms with Gasteiger partial charge in [-0.15, -0.1) is 0 Å². The van der Waals surface area contributed by atoms with Crippen LogP contribution in [0, 0.1) is 5.92 Å². The SMILES string of the molecule is CN(C)c1cccc(C(=O)NCC2CCCCC2O)c1. The summed E-state index contributed by atoms with van der Waals surface area (Å²) in [6, 6.07) is 7.56. The molecule has 0 aromatic heterocycles. The minimum Gasteiger partial charge on any atom is -0.393 e. The van der Waals surface area contributed by atoms with Crippen LogP contribution in [0.15, 0.2) is 24.3 Å². The van der Waals surface area contributed by atoms with Crippen LogP contribution >= 0.6 is 0 Å². The summed E-state index contributed by atoms with van der Waals surface area (Å²) in [5.41, 5.74) is 1.68. The van der Waals surface area contributed by atoms with Gasteiger partial charge in [0.2, 0.25) is 0 Å². The predicted molar refractivity (Wildman–Crippen MR) is 81.1 cm³/mol. The van der Waals surface area contributed by atoms with Crippen molar-refractivity contribution in [3.63, 3.8) is 0 Å². The quantitative estimate of drug-likeness (QED) is 0.885. The minimum absolute atomic E-state index is 0.0635. The second kappa shape index (κ2) is 6.75. The topological polar surface area (TPSA) is 52.6 Å². The number of rotatable bonds is 4. The average molecular weight is 276 g/mol. The van der Waals surface area contributed by atoms with Crippen LogP contribution in [0.4, 0.5) is 5.69 Å². The van der Waals surface area contributed by atoms with E-state index in [9.17, 15) is 9.90 Å². The maximum absolute atomic E-state index is 12.2. The third-order valence-corrected chi connectivity index (χ3v) is 4.02. The number of hydrogen-bond donors (Lipinski definition) is 2. The number of aliphatic hydroxyl groups is 1. The Hall–Kier alpha value is -1.55. The van der Waals surface area contributed by atoms with Gasteiger partial charge in [-0.1, -0.05) is 18.9 Å². The van der Waals surface area contributed by atoms with Crippen LogP contribution in [0.25, 0.3) is 0 Å². The highest BCUT2D eigenvalue weighted by Crippen LogP contribution is 2.23. The summed E-state index contributed by atoms with van der Waals surface area (Å²) in [5.74, 6) is 0.135. The van der Waals surface area contributed by atoms with Gasteiger partial charge >= 0.3 is 0 Å². The van der Waals surface area contributed by atoms with Gasteiger partial charge in [0.05, 0.1) is 6.10 Å². The van der Waals surface area contributed by atoms with Crippen LogP contribution < -0.4 is 10.2 Å². The molecule has 4 nitrogen and oxygen atoms in total. The van der Waals surface area contributed by atoms with E-state index in [1.807, 2.05) is 43.3 Å². The molecule has 0 bridgehead atoms. The molecule has 1 amide bonds. The number of nitrogens with one attached hydrogen (secondary N) is 1. The molecule has 1 aliphatic carbocycles. The molecule has 4 heteroatoms. The third kappa shape index (κ3) is 3.73. The Bertz CT molecular complexity index is 460. The first-order chi connectivity index (χ1) is 9.58. The molecule has 0 saturated heterocycles. The van der Waals surface area contributed by atoms with Crippen molar-refractivity contribution in [2.75, 3.05) is 25.5 Å². The molecule has 2 N–H and O–H groups in total. The number of aliphatic hydroxyl groups excluding tert-OH is 1. The number of nitrogens with zero attached hydrogens (tertiary/aromatic N) is 1. The number of benzene rings is 1. The molecule has 1 aliphatic rings. The lowest BCUT2D eigenvalue weighted by molar-refractivity contribution is 0.0663. The predicted octanol–water partition coefficient (Wildman–Crippen LogP) is 2.03. The van der Waals surface area contributed by atoms with Crippen LogP contribution in [-0.4, -0.2) is 37.8 Å². The van der Waals surface area contributed by atoms with E-state index >= 15 is 0 Å². The van der Waals surface area contributed by atoms with Crippen molar-refractivity contribution in [3.8, 4) is 0 Å². The van der Waals surface area contributed by atoms with Crippen LogP contribution in [0.1, 0.15) is 36.0 Å². The Morgan fingerprint density at radius 1 is 1.35 bits per heavy atom. The first kappa shape index (κ1) is 14.9. The van der Waals surface area contributed by atoms with Crippen molar-refractivity contribution < 1.29 is 9.90 Å². The molecule has 2 rings (SSSR count). The lowest BCUT2D eigenvalue weighted by atomic mass is 9.86. The molecule has 20 heavy (non-hydrogen) atoms. The number of carbonyl (C=O) groups is 1. The van der Waals surface area contributed by atoms with Gasteiger partial charge < -0.3 is 15.3 Å². The maximum atomic E-state index is 12.2. The summed E-state index contributed by atoms with van der Waals surface area (Å²) in [6.07, 6.45) is 3.83.